The fourth-order valence-electron chi connectivity index (χ4n) is 1.28. The molecule has 0 aliphatic rings. The normalized spacial score (nSPS) is 11.7. The minimum atomic E-state index is -1.55. The van der Waals surface area contributed by atoms with Crippen molar-refractivity contribution in [3.8, 4) is 0 Å². The van der Waals surface area contributed by atoms with Gasteiger partial charge in [-0.15, -0.1) is 0 Å². The molecule has 0 bridgehead atoms. The first-order valence-electron chi connectivity index (χ1n) is 5.01. The Hall–Kier alpha value is -1.96. The number of aliphatic carboxylic acids is 2. The Balaban J connectivity index is 2.87. The number of hydrogen-bond donors (Lipinski definition) is 3. The van der Waals surface area contributed by atoms with Crippen LogP contribution in [0.15, 0.2) is 22.7 Å². The van der Waals surface area contributed by atoms with Gasteiger partial charge in [0.25, 0.3) is 5.91 Å². The molecule has 0 radical (unpaired) electrons. The van der Waals surface area contributed by atoms with E-state index in [0.29, 0.717) is 0 Å². The van der Waals surface area contributed by atoms with E-state index in [9.17, 15) is 18.8 Å². The van der Waals surface area contributed by atoms with Crippen LogP contribution >= 0.6 is 15.9 Å². The summed E-state index contributed by atoms with van der Waals surface area (Å²) in [4.78, 5) is 33.0. The van der Waals surface area contributed by atoms with Crippen LogP contribution in [-0.4, -0.2) is 34.1 Å². The van der Waals surface area contributed by atoms with E-state index in [-0.39, 0.29) is 10.0 Å². The molecule has 8 heteroatoms. The molecule has 1 amide bonds. The lowest BCUT2D eigenvalue weighted by atomic mass is 10.1. The Kier molecular flexibility index (Phi) is 4.99. The highest BCUT2D eigenvalue weighted by Gasteiger charge is 2.24. The molecule has 6 nitrogen and oxygen atoms in total. The molecular weight excluding hydrogens is 325 g/mol. The smallest absolute Gasteiger partial charge is 0.326 e. The Bertz CT molecular complexity index is 534. The van der Waals surface area contributed by atoms with Crippen molar-refractivity contribution in [2.45, 2.75) is 12.5 Å². The first kappa shape index (κ1) is 15.1. The second-order valence-corrected chi connectivity index (χ2v) is 4.44. The van der Waals surface area contributed by atoms with Crippen molar-refractivity contribution in [2.75, 3.05) is 0 Å². The molecule has 1 rings (SSSR count). The highest BCUT2D eigenvalue weighted by atomic mass is 79.9. The predicted molar refractivity (Wildman–Crippen MR) is 65.2 cm³/mol. The molecule has 0 heterocycles. The van der Waals surface area contributed by atoms with E-state index in [4.69, 9.17) is 10.2 Å². The van der Waals surface area contributed by atoms with Crippen LogP contribution < -0.4 is 5.32 Å². The van der Waals surface area contributed by atoms with Gasteiger partial charge in [-0.2, -0.15) is 0 Å². The Morgan fingerprint density at radius 3 is 2.42 bits per heavy atom. The van der Waals surface area contributed by atoms with Gasteiger partial charge in [-0.3, -0.25) is 9.59 Å². The van der Waals surface area contributed by atoms with Crippen LogP contribution in [0.1, 0.15) is 16.8 Å². The summed E-state index contributed by atoms with van der Waals surface area (Å²) in [6.45, 7) is 0. The molecular formula is C11H9BrFNO5. The first-order chi connectivity index (χ1) is 8.81. The summed E-state index contributed by atoms with van der Waals surface area (Å²) >= 11 is 2.96. The number of nitrogens with one attached hydrogen (secondary N) is 1. The largest absolute Gasteiger partial charge is 0.481 e. The number of carboxylic acid groups (broad SMARTS) is 2. The summed E-state index contributed by atoms with van der Waals surface area (Å²) in [5.74, 6) is -4.19. The zero-order chi connectivity index (χ0) is 14.6. The van der Waals surface area contributed by atoms with Crippen molar-refractivity contribution < 1.29 is 29.0 Å². The van der Waals surface area contributed by atoms with Gasteiger partial charge in [-0.1, -0.05) is 0 Å². The zero-order valence-corrected chi connectivity index (χ0v) is 11.0. The second kappa shape index (κ2) is 6.28. The Morgan fingerprint density at radius 2 is 1.95 bits per heavy atom. The van der Waals surface area contributed by atoms with Gasteiger partial charge in [0.1, 0.15) is 11.9 Å². The number of carbonyl (C=O) groups is 3. The van der Waals surface area contributed by atoms with Crippen LogP contribution in [0.2, 0.25) is 0 Å². The minimum absolute atomic E-state index is 0.0121. The maximum atomic E-state index is 12.8. The maximum Gasteiger partial charge on any atom is 0.326 e. The Morgan fingerprint density at radius 1 is 1.32 bits per heavy atom. The minimum Gasteiger partial charge on any atom is -0.481 e. The summed E-state index contributed by atoms with van der Waals surface area (Å²) in [5.41, 5.74) is 0.0121. The van der Waals surface area contributed by atoms with Gasteiger partial charge in [0.15, 0.2) is 0 Å². The standard InChI is InChI=1S/C11H9BrFNO5/c12-7-3-5(13)1-2-6(7)10(17)14-8(11(18)19)4-9(15)16/h1-3,8H,4H2,(H,14,17)(H,15,16)(H,18,19)/t8-/m1/s1. The lowest BCUT2D eigenvalue weighted by Gasteiger charge is -2.13. The second-order valence-electron chi connectivity index (χ2n) is 3.59. The van der Waals surface area contributed by atoms with Gasteiger partial charge in [0.2, 0.25) is 0 Å². The van der Waals surface area contributed by atoms with E-state index in [0.717, 1.165) is 18.2 Å². The summed E-state index contributed by atoms with van der Waals surface area (Å²) in [6.07, 6.45) is -0.750. The highest BCUT2D eigenvalue weighted by Crippen LogP contribution is 2.18. The first-order valence-corrected chi connectivity index (χ1v) is 5.81. The van der Waals surface area contributed by atoms with Crippen LogP contribution in [0.4, 0.5) is 4.39 Å². The molecule has 0 spiro atoms. The molecule has 3 N–H and O–H groups in total. The summed E-state index contributed by atoms with van der Waals surface area (Å²) in [7, 11) is 0. The van der Waals surface area contributed by atoms with Gasteiger partial charge in [0.05, 0.1) is 12.0 Å². The molecule has 0 fully saturated rings. The number of carboxylic acids is 2. The quantitative estimate of drug-likeness (QED) is 0.752. The number of rotatable bonds is 5. The lowest BCUT2D eigenvalue weighted by molar-refractivity contribution is -0.145. The van der Waals surface area contributed by atoms with E-state index in [1.54, 1.807) is 0 Å². The Labute approximate surface area is 115 Å². The van der Waals surface area contributed by atoms with Crippen LogP contribution in [0.3, 0.4) is 0 Å². The fraction of sp³-hybridized carbons (Fsp3) is 0.182. The number of carbonyl (C=O) groups excluding carboxylic acids is 1. The average molecular weight is 334 g/mol. The summed E-state index contributed by atoms with van der Waals surface area (Å²) in [5, 5.41) is 19.4. The number of hydrogen-bond acceptors (Lipinski definition) is 3. The van der Waals surface area contributed by atoms with Crippen LogP contribution in [0.25, 0.3) is 0 Å². The molecule has 0 aliphatic heterocycles. The zero-order valence-electron chi connectivity index (χ0n) is 9.39. The molecule has 1 atom stereocenters. The lowest BCUT2D eigenvalue weighted by Crippen LogP contribution is -2.42. The van der Waals surface area contributed by atoms with Crippen molar-refractivity contribution in [1.82, 2.24) is 5.32 Å². The van der Waals surface area contributed by atoms with Crippen molar-refractivity contribution in [3.63, 3.8) is 0 Å². The molecule has 1 aromatic rings. The SMILES string of the molecule is O=C(O)C[C@@H](NC(=O)c1ccc(F)cc1Br)C(=O)O. The number of amides is 1. The van der Waals surface area contributed by atoms with Crippen molar-refractivity contribution in [3.05, 3.63) is 34.1 Å². The number of benzene rings is 1. The van der Waals surface area contributed by atoms with E-state index in [1.165, 1.54) is 0 Å². The van der Waals surface area contributed by atoms with Crippen molar-refractivity contribution in [2.24, 2.45) is 0 Å². The van der Waals surface area contributed by atoms with Gasteiger partial charge in [-0.05, 0) is 34.1 Å². The maximum absolute atomic E-state index is 12.8. The van der Waals surface area contributed by atoms with Gasteiger partial charge >= 0.3 is 11.9 Å². The molecule has 0 aromatic heterocycles. The van der Waals surface area contributed by atoms with E-state index in [1.807, 2.05) is 0 Å². The van der Waals surface area contributed by atoms with Crippen molar-refractivity contribution >= 4 is 33.8 Å². The summed E-state index contributed by atoms with van der Waals surface area (Å²) < 4.78 is 13.0. The molecule has 102 valence electrons. The third-order valence-corrected chi connectivity index (χ3v) is 2.81. The predicted octanol–water partition coefficient (Wildman–Crippen LogP) is 1.25. The highest BCUT2D eigenvalue weighted by molar-refractivity contribution is 9.10. The van der Waals surface area contributed by atoms with Crippen LogP contribution in [0, 0.1) is 5.82 Å². The topological polar surface area (TPSA) is 104 Å². The van der Waals surface area contributed by atoms with Gasteiger partial charge in [0, 0.05) is 4.47 Å². The summed E-state index contributed by atoms with van der Waals surface area (Å²) in [6, 6.07) is 1.69. The fourth-order valence-corrected chi connectivity index (χ4v) is 1.82. The third-order valence-electron chi connectivity index (χ3n) is 2.16. The van der Waals surface area contributed by atoms with Crippen molar-refractivity contribution in [1.29, 1.82) is 0 Å². The van der Waals surface area contributed by atoms with Crippen LogP contribution in [0.5, 0.6) is 0 Å². The molecule has 1 aromatic carbocycles. The third kappa shape index (κ3) is 4.32. The van der Waals surface area contributed by atoms with Gasteiger partial charge < -0.3 is 15.5 Å². The average Bonchev–Trinajstić information content (AvgIpc) is 2.26. The monoisotopic (exact) mass is 333 g/mol. The van der Waals surface area contributed by atoms with Crippen LogP contribution in [-0.2, 0) is 9.59 Å². The molecule has 19 heavy (non-hydrogen) atoms. The van der Waals surface area contributed by atoms with E-state index < -0.39 is 36.1 Å². The molecule has 0 aliphatic carbocycles. The van der Waals surface area contributed by atoms with Gasteiger partial charge in [-0.25, -0.2) is 9.18 Å². The van der Waals surface area contributed by atoms with E-state index >= 15 is 0 Å². The molecule has 0 saturated heterocycles. The number of halogens is 2. The molecule has 0 saturated carbocycles. The molecule has 0 unspecified atom stereocenters. The van der Waals surface area contributed by atoms with E-state index in [2.05, 4.69) is 21.2 Å².